The van der Waals surface area contributed by atoms with Crippen LogP contribution in [-0.2, 0) is 6.61 Å². The quantitative estimate of drug-likeness (QED) is 0.807. The third kappa shape index (κ3) is 5.51. The third-order valence-electron chi connectivity index (χ3n) is 3.64. The molecule has 1 unspecified atom stereocenters. The summed E-state index contributed by atoms with van der Waals surface area (Å²) in [6.45, 7) is 4.83. The Morgan fingerprint density at radius 3 is 2.32 bits per heavy atom. The van der Waals surface area contributed by atoms with Gasteiger partial charge in [0.05, 0.1) is 0 Å². The van der Waals surface area contributed by atoms with Crippen LogP contribution in [0.25, 0.3) is 0 Å². The third-order valence-corrected chi connectivity index (χ3v) is 3.64. The maximum atomic E-state index is 5.81. The summed E-state index contributed by atoms with van der Waals surface area (Å²) in [6.07, 6.45) is 0. The Balaban J connectivity index is 1.82. The molecule has 22 heavy (non-hydrogen) atoms. The molecule has 1 atom stereocenters. The first-order valence-corrected chi connectivity index (χ1v) is 7.80. The molecule has 2 aromatic rings. The van der Waals surface area contributed by atoms with Crippen LogP contribution in [0.2, 0.25) is 0 Å². The zero-order valence-electron chi connectivity index (χ0n) is 13.8. The molecule has 1 N–H and O–H groups in total. The summed E-state index contributed by atoms with van der Waals surface area (Å²) in [4.78, 5) is 2.18. The van der Waals surface area contributed by atoms with Gasteiger partial charge in [-0.3, -0.25) is 0 Å². The van der Waals surface area contributed by atoms with Crippen molar-refractivity contribution in [2.45, 2.75) is 19.6 Å². The molecule has 2 aromatic carbocycles. The average molecular weight is 298 g/mol. The Morgan fingerprint density at radius 2 is 1.68 bits per heavy atom. The number of likely N-dealkylation sites (N-methyl/N-ethyl adjacent to an activating group) is 1. The number of rotatable bonds is 8. The van der Waals surface area contributed by atoms with E-state index in [1.807, 2.05) is 30.3 Å². The van der Waals surface area contributed by atoms with Gasteiger partial charge in [-0.25, -0.2) is 0 Å². The number of hydrogen-bond acceptors (Lipinski definition) is 3. The lowest BCUT2D eigenvalue weighted by atomic mass is 10.1. The van der Waals surface area contributed by atoms with E-state index in [1.54, 1.807) is 0 Å². The molecule has 0 aliphatic rings. The smallest absolute Gasteiger partial charge is 0.119 e. The van der Waals surface area contributed by atoms with E-state index in [1.165, 1.54) is 11.1 Å². The minimum Gasteiger partial charge on any atom is -0.489 e. The maximum Gasteiger partial charge on any atom is 0.119 e. The molecular weight excluding hydrogens is 272 g/mol. The molecule has 3 heteroatoms. The van der Waals surface area contributed by atoms with E-state index in [0.717, 1.165) is 18.8 Å². The number of nitrogens with zero attached hydrogens (tertiary/aromatic N) is 1. The van der Waals surface area contributed by atoms with Crippen molar-refractivity contribution in [3.8, 4) is 5.75 Å². The molecule has 0 bridgehead atoms. The van der Waals surface area contributed by atoms with Crippen molar-refractivity contribution < 1.29 is 4.74 Å². The Labute approximate surface area is 133 Å². The minimum absolute atomic E-state index is 0.350. The fourth-order valence-corrected chi connectivity index (χ4v) is 2.22. The average Bonchev–Trinajstić information content (AvgIpc) is 2.54. The van der Waals surface area contributed by atoms with Gasteiger partial charge in [-0.05, 0) is 44.3 Å². The van der Waals surface area contributed by atoms with Gasteiger partial charge in [0, 0.05) is 19.1 Å². The van der Waals surface area contributed by atoms with Crippen LogP contribution >= 0.6 is 0 Å². The Hall–Kier alpha value is -1.84. The van der Waals surface area contributed by atoms with E-state index < -0.39 is 0 Å². The molecule has 0 heterocycles. The van der Waals surface area contributed by atoms with Gasteiger partial charge in [-0.1, -0.05) is 42.5 Å². The summed E-state index contributed by atoms with van der Waals surface area (Å²) < 4.78 is 5.81. The lowest BCUT2D eigenvalue weighted by Crippen LogP contribution is -2.28. The van der Waals surface area contributed by atoms with E-state index in [-0.39, 0.29) is 0 Å². The first kappa shape index (κ1) is 16.5. The lowest BCUT2D eigenvalue weighted by molar-refractivity contribution is 0.306. The van der Waals surface area contributed by atoms with Gasteiger partial charge in [-0.15, -0.1) is 0 Å². The van der Waals surface area contributed by atoms with Crippen molar-refractivity contribution in [2.75, 3.05) is 27.2 Å². The monoisotopic (exact) mass is 298 g/mol. The zero-order chi connectivity index (χ0) is 15.8. The minimum atomic E-state index is 0.350. The van der Waals surface area contributed by atoms with E-state index in [0.29, 0.717) is 12.6 Å². The van der Waals surface area contributed by atoms with Crippen LogP contribution in [0.3, 0.4) is 0 Å². The van der Waals surface area contributed by atoms with Crippen LogP contribution in [0, 0.1) is 0 Å². The van der Waals surface area contributed by atoms with Crippen molar-refractivity contribution in [1.29, 1.82) is 0 Å². The normalized spacial score (nSPS) is 12.4. The zero-order valence-corrected chi connectivity index (χ0v) is 13.8. The van der Waals surface area contributed by atoms with Crippen molar-refractivity contribution in [3.63, 3.8) is 0 Å². The summed E-state index contributed by atoms with van der Waals surface area (Å²) in [5.74, 6) is 0.910. The van der Waals surface area contributed by atoms with Crippen LogP contribution in [0.5, 0.6) is 5.75 Å². The largest absolute Gasteiger partial charge is 0.489 e. The summed E-state index contributed by atoms with van der Waals surface area (Å²) in [6, 6.07) is 18.9. The van der Waals surface area contributed by atoms with Crippen molar-refractivity contribution in [2.24, 2.45) is 0 Å². The van der Waals surface area contributed by atoms with Gasteiger partial charge < -0.3 is 15.0 Å². The molecule has 0 radical (unpaired) electrons. The highest BCUT2D eigenvalue weighted by molar-refractivity contribution is 5.29. The summed E-state index contributed by atoms with van der Waals surface area (Å²) >= 11 is 0. The SMILES string of the molecule is CC(NCCN(C)C)c1ccc(OCc2ccccc2)cc1. The Kier molecular flexibility index (Phi) is 6.44. The first-order valence-electron chi connectivity index (χ1n) is 7.80. The number of hydrogen-bond donors (Lipinski definition) is 1. The first-order chi connectivity index (χ1) is 10.6. The molecule has 0 saturated heterocycles. The van der Waals surface area contributed by atoms with Crippen LogP contribution in [0.1, 0.15) is 24.1 Å². The highest BCUT2D eigenvalue weighted by Gasteiger charge is 2.05. The molecule has 118 valence electrons. The highest BCUT2D eigenvalue weighted by Crippen LogP contribution is 2.18. The molecule has 0 spiro atoms. The lowest BCUT2D eigenvalue weighted by Gasteiger charge is -2.17. The molecule has 0 fully saturated rings. The molecule has 3 nitrogen and oxygen atoms in total. The van der Waals surface area contributed by atoms with Crippen LogP contribution in [0.15, 0.2) is 54.6 Å². The predicted octanol–water partition coefficient (Wildman–Crippen LogP) is 3.48. The fourth-order valence-electron chi connectivity index (χ4n) is 2.22. The summed E-state index contributed by atoms with van der Waals surface area (Å²) in [5.41, 5.74) is 2.47. The molecule has 0 aliphatic heterocycles. The molecule has 0 saturated carbocycles. The predicted molar refractivity (Wildman–Crippen MR) is 92.2 cm³/mol. The number of benzene rings is 2. The molecule has 2 rings (SSSR count). The molecule has 0 amide bonds. The van der Waals surface area contributed by atoms with Gasteiger partial charge in [-0.2, -0.15) is 0 Å². The second-order valence-electron chi connectivity index (χ2n) is 5.82. The van der Waals surface area contributed by atoms with Gasteiger partial charge in [0.25, 0.3) is 0 Å². The number of ether oxygens (including phenoxy) is 1. The molecule has 0 aromatic heterocycles. The highest BCUT2D eigenvalue weighted by atomic mass is 16.5. The second kappa shape index (κ2) is 8.57. The van der Waals surface area contributed by atoms with E-state index in [2.05, 4.69) is 55.5 Å². The fraction of sp³-hybridized carbons (Fsp3) is 0.368. The molecule has 0 aliphatic carbocycles. The standard InChI is InChI=1S/C19H26N2O/c1-16(20-13-14-21(2)3)18-9-11-19(12-10-18)22-15-17-7-5-4-6-8-17/h4-12,16,20H,13-15H2,1-3H3. The van der Waals surface area contributed by atoms with Gasteiger partial charge >= 0.3 is 0 Å². The molecular formula is C19H26N2O. The van der Waals surface area contributed by atoms with Crippen LogP contribution in [0.4, 0.5) is 0 Å². The topological polar surface area (TPSA) is 24.5 Å². The van der Waals surface area contributed by atoms with Gasteiger partial charge in [0.2, 0.25) is 0 Å². The van der Waals surface area contributed by atoms with Gasteiger partial charge in [0.15, 0.2) is 0 Å². The van der Waals surface area contributed by atoms with E-state index >= 15 is 0 Å². The second-order valence-corrected chi connectivity index (χ2v) is 5.82. The Morgan fingerprint density at radius 1 is 1.00 bits per heavy atom. The van der Waals surface area contributed by atoms with Gasteiger partial charge in [0.1, 0.15) is 12.4 Å². The van der Waals surface area contributed by atoms with Crippen LogP contribution in [-0.4, -0.2) is 32.1 Å². The van der Waals surface area contributed by atoms with Crippen LogP contribution < -0.4 is 10.1 Å². The van der Waals surface area contributed by atoms with Crippen molar-refractivity contribution in [1.82, 2.24) is 10.2 Å². The van der Waals surface area contributed by atoms with E-state index in [9.17, 15) is 0 Å². The Bertz CT molecular complexity index is 537. The van der Waals surface area contributed by atoms with E-state index in [4.69, 9.17) is 4.74 Å². The summed E-state index contributed by atoms with van der Waals surface area (Å²) in [7, 11) is 4.18. The number of nitrogens with one attached hydrogen (secondary N) is 1. The summed E-state index contributed by atoms with van der Waals surface area (Å²) in [5, 5.41) is 3.53. The van der Waals surface area contributed by atoms with Crippen molar-refractivity contribution >= 4 is 0 Å². The maximum absolute atomic E-state index is 5.81. The van der Waals surface area contributed by atoms with Crippen molar-refractivity contribution in [3.05, 3.63) is 65.7 Å².